The summed E-state index contributed by atoms with van der Waals surface area (Å²) >= 11 is 0. The van der Waals surface area contributed by atoms with E-state index in [1.807, 2.05) is 67.6 Å². The van der Waals surface area contributed by atoms with Gasteiger partial charge in [-0.1, -0.05) is 80.4 Å². The molecule has 8 nitrogen and oxygen atoms in total. The molecule has 0 heterocycles. The number of carbonyl (C=O) groups excluding carboxylic acids is 3. The third kappa shape index (κ3) is 6.80. The van der Waals surface area contributed by atoms with Crippen molar-refractivity contribution in [1.82, 2.24) is 10.7 Å². The SMILES string of the molecule is CCCC[C@H](NC(=O)[C@H](C)Nc1c(C(=O)OCc2ccccc2)ccc2ccccc12)C(=O)NN. The van der Waals surface area contributed by atoms with Crippen LogP contribution in [0.25, 0.3) is 10.8 Å². The van der Waals surface area contributed by atoms with Gasteiger partial charge in [-0.15, -0.1) is 0 Å². The van der Waals surface area contributed by atoms with Crippen molar-refractivity contribution in [3.8, 4) is 0 Å². The lowest BCUT2D eigenvalue weighted by Gasteiger charge is -2.22. The van der Waals surface area contributed by atoms with E-state index in [0.717, 1.165) is 29.2 Å². The molecule has 184 valence electrons. The first kappa shape index (κ1) is 25.7. The number of rotatable bonds is 11. The smallest absolute Gasteiger partial charge is 0.340 e. The van der Waals surface area contributed by atoms with Gasteiger partial charge >= 0.3 is 5.97 Å². The van der Waals surface area contributed by atoms with Gasteiger partial charge in [0.25, 0.3) is 5.91 Å². The molecular weight excluding hydrogens is 444 g/mol. The van der Waals surface area contributed by atoms with Crippen LogP contribution in [-0.4, -0.2) is 29.9 Å². The van der Waals surface area contributed by atoms with E-state index >= 15 is 0 Å². The van der Waals surface area contributed by atoms with Crippen molar-refractivity contribution in [2.45, 2.75) is 51.8 Å². The number of esters is 1. The monoisotopic (exact) mass is 476 g/mol. The number of carbonyl (C=O) groups is 3. The van der Waals surface area contributed by atoms with Crippen LogP contribution >= 0.6 is 0 Å². The number of hydrogen-bond acceptors (Lipinski definition) is 6. The number of nitrogens with one attached hydrogen (secondary N) is 3. The minimum atomic E-state index is -0.740. The summed E-state index contributed by atoms with van der Waals surface area (Å²) in [6, 6.07) is 19.0. The lowest BCUT2D eigenvalue weighted by Crippen LogP contribution is -2.52. The summed E-state index contributed by atoms with van der Waals surface area (Å²) in [6.07, 6.45) is 2.12. The molecule has 2 atom stereocenters. The molecule has 0 fully saturated rings. The van der Waals surface area contributed by atoms with Gasteiger partial charge in [0, 0.05) is 5.39 Å². The Hall–Kier alpha value is -3.91. The predicted molar refractivity (Wildman–Crippen MR) is 136 cm³/mol. The molecule has 0 aliphatic heterocycles. The fourth-order valence-corrected chi connectivity index (χ4v) is 3.75. The minimum Gasteiger partial charge on any atom is -0.457 e. The Bertz CT molecular complexity index is 1170. The molecule has 0 aliphatic rings. The Morgan fingerprint density at radius 3 is 2.37 bits per heavy atom. The lowest BCUT2D eigenvalue weighted by atomic mass is 10.0. The summed E-state index contributed by atoms with van der Waals surface area (Å²) < 4.78 is 5.55. The van der Waals surface area contributed by atoms with Crippen LogP contribution in [0, 0.1) is 0 Å². The first-order valence-corrected chi connectivity index (χ1v) is 11.7. The first-order chi connectivity index (χ1) is 16.9. The molecule has 5 N–H and O–H groups in total. The number of fused-ring (bicyclic) bond motifs is 1. The second-order valence-electron chi connectivity index (χ2n) is 8.35. The van der Waals surface area contributed by atoms with Gasteiger partial charge in [-0.25, -0.2) is 10.6 Å². The van der Waals surface area contributed by atoms with Crippen molar-refractivity contribution >= 4 is 34.2 Å². The van der Waals surface area contributed by atoms with Gasteiger partial charge in [-0.3, -0.25) is 15.0 Å². The summed E-state index contributed by atoms with van der Waals surface area (Å²) in [5.74, 6) is 3.95. The van der Waals surface area contributed by atoms with Crippen LogP contribution in [0.5, 0.6) is 0 Å². The third-order valence-electron chi connectivity index (χ3n) is 5.74. The number of nitrogens with two attached hydrogens (primary N) is 1. The second kappa shape index (κ2) is 12.5. The topological polar surface area (TPSA) is 123 Å². The van der Waals surface area contributed by atoms with E-state index in [1.54, 1.807) is 13.0 Å². The molecular formula is C27H32N4O4. The summed E-state index contributed by atoms with van der Waals surface area (Å²) in [5, 5.41) is 7.62. The summed E-state index contributed by atoms with van der Waals surface area (Å²) in [6.45, 7) is 3.81. The highest BCUT2D eigenvalue weighted by Gasteiger charge is 2.24. The normalized spacial score (nSPS) is 12.4. The number of unbranched alkanes of at least 4 members (excludes halogenated alkanes) is 1. The Balaban J connectivity index is 1.82. The van der Waals surface area contributed by atoms with E-state index in [9.17, 15) is 14.4 Å². The zero-order valence-electron chi connectivity index (χ0n) is 20.0. The molecule has 3 aromatic carbocycles. The van der Waals surface area contributed by atoms with Gasteiger partial charge < -0.3 is 15.4 Å². The molecule has 0 unspecified atom stereocenters. The van der Waals surface area contributed by atoms with Gasteiger partial charge in [0.2, 0.25) is 5.91 Å². The number of hydrazine groups is 1. The quantitative estimate of drug-likeness (QED) is 0.145. The van der Waals surface area contributed by atoms with Crippen molar-refractivity contribution in [1.29, 1.82) is 0 Å². The maximum Gasteiger partial charge on any atom is 0.340 e. The lowest BCUT2D eigenvalue weighted by molar-refractivity contribution is -0.129. The number of ether oxygens (including phenoxy) is 1. The van der Waals surface area contributed by atoms with Crippen molar-refractivity contribution in [2.75, 3.05) is 5.32 Å². The predicted octanol–water partition coefficient (Wildman–Crippen LogP) is 3.66. The summed E-state index contributed by atoms with van der Waals surface area (Å²) in [7, 11) is 0. The van der Waals surface area contributed by atoms with Crippen molar-refractivity contribution < 1.29 is 19.1 Å². The Morgan fingerprint density at radius 1 is 0.943 bits per heavy atom. The molecule has 0 aliphatic carbocycles. The summed E-state index contributed by atoms with van der Waals surface area (Å²) in [5.41, 5.74) is 3.80. The molecule has 0 radical (unpaired) electrons. The van der Waals surface area contributed by atoms with Crippen molar-refractivity contribution in [3.05, 3.63) is 77.9 Å². The number of anilines is 1. The molecule has 2 amide bonds. The minimum absolute atomic E-state index is 0.134. The van der Waals surface area contributed by atoms with Crippen molar-refractivity contribution in [2.24, 2.45) is 5.84 Å². The van der Waals surface area contributed by atoms with Gasteiger partial charge in [-0.05, 0) is 30.4 Å². The maximum absolute atomic E-state index is 13.0. The van der Waals surface area contributed by atoms with Crippen LogP contribution in [0.15, 0.2) is 66.7 Å². The molecule has 8 heteroatoms. The van der Waals surface area contributed by atoms with Crippen LogP contribution in [-0.2, 0) is 20.9 Å². The van der Waals surface area contributed by atoms with Crippen LogP contribution in [0.4, 0.5) is 5.69 Å². The van der Waals surface area contributed by atoms with E-state index in [0.29, 0.717) is 17.7 Å². The van der Waals surface area contributed by atoms with E-state index in [-0.39, 0.29) is 12.5 Å². The second-order valence-corrected chi connectivity index (χ2v) is 8.35. The third-order valence-corrected chi connectivity index (χ3v) is 5.74. The molecule has 3 rings (SSSR count). The van der Waals surface area contributed by atoms with Crippen LogP contribution in [0.1, 0.15) is 49.0 Å². The Kier molecular flexibility index (Phi) is 9.20. The average molecular weight is 477 g/mol. The van der Waals surface area contributed by atoms with Gasteiger partial charge in [0.15, 0.2) is 0 Å². The highest BCUT2D eigenvalue weighted by atomic mass is 16.5. The fraction of sp³-hybridized carbons (Fsp3) is 0.296. The van der Waals surface area contributed by atoms with Gasteiger partial charge in [0.05, 0.1) is 11.3 Å². The molecule has 3 aromatic rings. The molecule has 0 saturated carbocycles. The Morgan fingerprint density at radius 2 is 1.66 bits per heavy atom. The van der Waals surface area contributed by atoms with Crippen LogP contribution in [0.2, 0.25) is 0 Å². The highest BCUT2D eigenvalue weighted by Crippen LogP contribution is 2.29. The Labute approximate surface area is 205 Å². The van der Waals surface area contributed by atoms with E-state index < -0.39 is 24.0 Å². The number of benzene rings is 3. The summed E-state index contributed by atoms with van der Waals surface area (Å²) in [4.78, 5) is 38.1. The molecule has 0 saturated heterocycles. The molecule has 35 heavy (non-hydrogen) atoms. The highest BCUT2D eigenvalue weighted by molar-refractivity contribution is 6.07. The number of hydrogen-bond donors (Lipinski definition) is 4. The first-order valence-electron chi connectivity index (χ1n) is 11.7. The fourth-order valence-electron chi connectivity index (χ4n) is 3.75. The van der Waals surface area contributed by atoms with E-state index in [1.165, 1.54) is 0 Å². The standard InChI is InChI=1S/C27H32N4O4/c1-3-4-14-23(26(33)31-28)30-25(32)18(2)29-24-21-13-9-8-12-20(21)15-16-22(24)27(34)35-17-19-10-6-5-7-11-19/h5-13,15-16,18,23,29H,3-4,14,17,28H2,1-2H3,(H,30,32)(H,31,33)/t18-,23-/m0/s1. The van der Waals surface area contributed by atoms with Crippen LogP contribution in [0.3, 0.4) is 0 Å². The van der Waals surface area contributed by atoms with Gasteiger partial charge in [-0.2, -0.15) is 0 Å². The number of amides is 2. The largest absolute Gasteiger partial charge is 0.457 e. The van der Waals surface area contributed by atoms with E-state index in [4.69, 9.17) is 10.6 Å². The van der Waals surface area contributed by atoms with Crippen LogP contribution < -0.4 is 21.9 Å². The maximum atomic E-state index is 13.0. The van der Waals surface area contributed by atoms with E-state index in [2.05, 4.69) is 16.1 Å². The zero-order valence-corrected chi connectivity index (χ0v) is 20.0. The molecule has 0 aromatic heterocycles. The van der Waals surface area contributed by atoms with Gasteiger partial charge in [0.1, 0.15) is 18.7 Å². The average Bonchev–Trinajstić information content (AvgIpc) is 2.89. The zero-order chi connectivity index (χ0) is 25.2. The molecule has 0 spiro atoms. The molecule has 0 bridgehead atoms. The van der Waals surface area contributed by atoms with Crippen molar-refractivity contribution in [3.63, 3.8) is 0 Å².